The van der Waals surface area contributed by atoms with Crippen LogP contribution < -0.4 is 0 Å². The Morgan fingerprint density at radius 3 is 2.58 bits per heavy atom. The molecule has 0 unspecified atom stereocenters. The zero-order valence-corrected chi connectivity index (χ0v) is 6.95. The summed E-state index contributed by atoms with van der Waals surface area (Å²) < 4.78 is 0. The highest BCUT2D eigenvalue weighted by Crippen LogP contribution is 2.41. The number of rotatable bonds is 2. The lowest BCUT2D eigenvalue weighted by Gasteiger charge is -1.98. The zero-order valence-electron chi connectivity index (χ0n) is 6.95. The van der Waals surface area contributed by atoms with Gasteiger partial charge in [-0.1, -0.05) is 0 Å². The molecule has 0 bridgehead atoms. The van der Waals surface area contributed by atoms with Crippen molar-refractivity contribution < 1.29 is 0 Å². The summed E-state index contributed by atoms with van der Waals surface area (Å²) in [4.78, 5) is 8.73. The molecule has 2 heteroatoms. The summed E-state index contributed by atoms with van der Waals surface area (Å²) in [6.07, 6.45) is 8.15. The largest absolute Gasteiger partial charge is 0.237 e. The number of hydrogen-bond acceptors (Lipinski definition) is 2. The molecule has 61 valence electrons. The van der Waals surface area contributed by atoms with Crippen molar-refractivity contribution in [3.8, 4) is 0 Å². The van der Waals surface area contributed by atoms with E-state index in [1.54, 1.807) is 0 Å². The van der Waals surface area contributed by atoms with Crippen LogP contribution in [0, 0.1) is 6.20 Å². The first-order valence-corrected chi connectivity index (χ1v) is 4.68. The van der Waals surface area contributed by atoms with Crippen LogP contribution in [0.15, 0.2) is 6.07 Å². The molecule has 1 heterocycles. The van der Waals surface area contributed by atoms with Crippen LogP contribution in [0.2, 0.25) is 0 Å². The highest BCUT2D eigenvalue weighted by Gasteiger charge is 2.29. The van der Waals surface area contributed by atoms with Crippen LogP contribution in [0.4, 0.5) is 0 Å². The Morgan fingerprint density at radius 2 is 1.92 bits per heavy atom. The van der Waals surface area contributed by atoms with E-state index in [-0.39, 0.29) is 0 Å². The lowest BCUT2D eigenvalue weighted by atomic mass is 10.2. The minimum absolute atomic E-state index is 0.667. The summed E-state index contributed by atoms with van der Waals surface area (Å²) in [5.74, 6) is 2.45. The van der Waals surface area contributed by atoms with Gasteiger partial charge in [-0.25, -0.2) is 9.97 Å². The summed E-state index contributed by atoms with van der Waals surface area (Å²) in [5, 5.41) is 0. The first-order chi connectivity index (χ1) is 5.93. The average Bonchev–Trinajstić information content (AvgIpc) is 2.98. The van der Waals surface area contributed by atoms with Gasteiger partial charge in [0.1, 0.15) is 5.82 Å². The zero-order chi connectivity index (χ0) is 7.97. The van der Waals surface area contributed by atoms with E-state index in [1.165, 1.54) is 31.4 Å². The van der Waals surface area contributed by atoms with Crippen LogP contribution in [0.5, 0.6) is 0 Å². The normalized spacial score (nSPS) is 22.7. The van der Waals surface area contributed by atoms with Gasteiger partial charge in [-0.15, -0.1) is 0 Å². The third kappa shape index (κ3) is 1.11. The second-order valence-corrected chi connectivity index (χ2v) is 3.83. The van der Waals surface area contributed by atoms with E-state index in [9.17, 15) is 0 Å². The second kappa shape index (κ2) is 2.28. The van der Waals surface area contributed by atoms with Crippen LogP contribution in [0.25, 0.3) is 0 Å². The van der Waals surface area contributed by atoms with Crippen LogP contribution in [-0.4, -0.2) is 9.97 Å². The minimum atomic E-state index is 0.667. The Bertz CT molecular complexity index is 273. The number of aromatic nitrogens is 2. The molecule has 0 saturated heterocycles. The third-order valence-electron chi connectivity index (χ3n) is 2.57. The summed E-state index contributed by atoms with van der Waals surface area (Å²) >= 11 is 0. The average molecular weight is 159 g/mol. The maximum absolute atomic E-state index is 4.55. The van der Waals surface area contributed by atoms with Crippen molar-refractivity contribution in [1.82, 2.24) is 9.97 Å². The molecule has 2 nitrogen and oxygen atoms in total. The van der Waals surface area contributed by atoms with Gasteiger partial charge in [0.15, 0.2) is 0 Å². The van der Waals surface area contributed by atoms with Gasteiger partial charge in [-0.3, -0.25) is 0 Å². The summed E-state index contributed by atoms with van der Waals surface area (Å²) in [6, 6.07) is 1.95. The molecule has 0 aliphatic heterocycles. The minimum Gasteiger partial charge on any atom is -0.237 e. The molecule has 2 aliphatic rings. The summed E-state index contributed by atoms with van der Waals surface area (Å²) in [7, 11) is 0. The first kappa shape index (κ1) is 6.58. The third-order valence-corrected chi connectivity index (χ3v) is 2.57. The van der Waals surface area contributed by atoms with Gasteiger partial charge in [-0.2, -0.15) is 0 Å². The maximum Gasteiger partial charge on any atom is 0.132 e. The quantitative estimate of drug-likeness (QED) is 0.659. The van der Waals surface area contributed by atoms with Crippen LogP contribution >= 0.6 is 0 Å². The molecule has 2 aliphatic carbocycles. The Morgan fingerprint density at radius 1 is 1.17 bits per heavy atom. The first-order valence-electron chi connectivity index (χ1n) is 4.68. The number of nitrogens with zero attached hydrogens (tertiary/aromatic N) is 2. The van der Waals surface area contributed by atoms with E-state index in [0.29, 0.717) is 5.92 Å². The molecule has 12 heavy (non-hydrogen) atoms. The van der Waals surface area contributed by atoms with Crippen molar-refractivity contribution in [2.24, 2.45) is 0 Å². The van der Waals surface area contributed by atoms with E-state index in [0.717, 1.165) is 11.7 Å². The van der Waals surface area contributed by atoms with E-state index in [4.69, 9.17) is 0 Å². The molecule has 1 aromatic heterocycles. The fourth-order valence-corrected chi connectivity index (χ4v) is 1.47. The van der Waals surface area contributed by atoms with Gasteiger partial charge >= 0.3 is 0 Å². The van der Waals surface area contributed by atoms with Crippen molar-refractivity contribution in [3.05, 3.63) is 23.8 Å². The van der Waals surface area contributed by atoms with Gasteiger partial charge in [-0.05, 0) is 31.7 Å². The summed E-state index contributed by atoms with van der Waals surface area (Å²) in [5.41, 5.74) is 1.23. The Balaban J connectivity index is 1.93. The lowest BCUT2D eigenvalue weighted by Crippen LogP contribution is -1.95. The monoisotopic (exact) mass is 159 g/mol. The number of hydrogen-bond donors (Lipinski definition) is 0. The molecule has 1 radical (unpaired) electrons. The molecule has 0 atom stereocenters. The molecular weight excluding hydrogens is 148 g/mol. The van der Waals surface area contributed by atoms with E-state index >= 15 is 0 Å². The van der Waals surface area contributed by atoms with Crippen molar-refractivity contribution in [2.75, 3.05) is 0 Å². The standard InChI is InChI=1S/C10H11N2/c1-2-7(1)9-5-6-11-10(12-9)8-3-4-8/h5,7-8H,1-4H2. The Hall–Kier alpha value is -0.920. The molecule has 2 fully saturated rings. The van der Waals surface area contributed by atoms with Crippen LogP contribution in [0.3, 0.4) is 0 Å². The molecule has 0 N–H and O–H groups in total. The van der Waals surface area contributed by atoms with Crippen molar-refractivity contribution in [1.29, 1.82) is 0 Å². The molecular formula is C10H11N2. The van der Waals surface area contributed by atoms with Gasteiger partial charge in [0.25, 0.3) is 0 Å². The van der Waals surface area contributed by atoms with Crippen molar-refractivity contribution >= 4 is 0 Å². The molecule has 0 amide bonds. The molecule has 0 aromatic carbocycles. The van der Waals surface area contributed by atoms with E-state index in [2.05, 4.69) is 16.2 Å². The molecule has 2 saturated carbocycles. The predicted octanol–water partition coefficient (Wildman–Crippen LogP) is 2.03. The van der Waals surface area contributed by atoms with E-state index in [1.807, 2.05) is 6.07 Å². The Labute approximate surface area is 72.0 Å². The molecule has 3 rings (SSSR count). The maximum atomic E-state index is 4.55. The van der Waals surface area contributed by atoms with Crippen LogP contribution in [-0.2, 0) is 0 Å². The highest BCUT2D eigenvalue weighted by molar-refractivity contribution is 5.16. The van der Waals surface area contributed by atoms with Crippen LogP contribution in [0.1, 0.15) is 49.0 Å². The fraction of sp³-hybridized carbons (Fsp3) is 0.600. The molecule has 1 aromatic rings. The summed E-state index contributed by atoms with van der Waals surface area (Å²) in [6.45, 7) is 0. The lowest BCUT2D eigenvalue weighted by molar-refractivity contribution is 0.870. The van der Waals surface area contributed by atoms with Gasteiger partial charge in [0.05, 0.1) is 6.20 Å². The van der Waals surface area contributed by atoms with Gasteiger partial charge in [0.2, 0.25) is 0 Å². The highest BCUT2D eigenvalue weighted by atomic mass is 14.9. The second-order valence-electron chi connectivity index (χ2n) is 3.83. The van der Waals surface area contributed by atoms with Gasteiger partial charge in [0, 0.05) is 17.5 Å². The topological polar surface area (TPSA) is 25.8 Å². The fourth-order valence-electron chi connectivity index (χ4n) is 1.47. The van der Waals surface area contributed by atoms with Crippen molar-refractivity contribution in [2.45, 2.75) is 37.5 Å². The molecule has 0 spiro atoms. The van der Waals surface area contributed by atoms with Gasteiger partial charge < -0.3 is 0 Å². The smallest absolute Gasteiger partial charge is 0.132 e. The predicted molar refractivity (Wildman–Crippen MR) is 44.8 cm³/mol. The van der Waals surface area contributed by atoms with Crippen molar-refractivity contribution in [3.63, 3.8) is 0 Å². The van der Waals surface area contributed by atoms with E-state index < -0.39 is 0 Å². The Kier molecular flexibility index (Phi) is 1.25. The SMILES string of the molecule is [c]1cc(C2CC2)nc(C2CC2)n1.